The van der Waals surface area contributed by atoms with Gasteiger partial charge in [0.2, 0.25) is 11.8 Å². The molecule has 1 aliphatic rings. The second-order valence-corrected chi connectivity index (χ2v) is 14.9. The van der Waals surface area contributed by atoms with Gasteiger partial charge in [-0.3, -0.25) is 27.7 Å². The zero-order chi connectivity index (χ0) is 35.4. The van der Waals surface area contributed by atoms with Crippen LogP contribution in [0.15, 0.2) is 12.7 Å². The van der Waals surface area contributed by atoms with E-state index in [1.54, 1.807) is 6.92 Å². The molecular weight excluding hydrogens is 699 g/mol. The first-order valence-electron chi connectivity index (χ1n) is 13.6. The van der Waals surface area contributed by atoms with Crippen LogP contribution in [0, 0.1) is 5.41 Å². The molecule has 3 rings (SSSR count). The number of rotatable bonds is 17. The highest BCUT2D eigenvalue weighted by Crippen LogP contribution is 2.61. The van der Waals surface area contributed by atoms with Crippen LogP contribution in [0.3, 0.4) is 0 Å². The summed E-state index contributed by atoms with van der Waals surface area (Å²) < 4.78 is 61.6. The molecule has 23 nitrogen and oxygen atoms in total. The molecule has 3 heterocycles. The van der Waals surface area contributed by atoms with Gasteiger partial charge in [-0.15, -0.1) is 0 Å². The molecule has 2 aromatic heterocycles. The summed E-state index contributed by atoms with van der Waals surface area (Å²) in [6, 6.07) is 0. The molecule has 1 aliphatic heterocycles. The first-order chi connectivity index (χ1) is 21.7. The normalized spacial score (nSPS) is 23.6. The maximum atomic E-state index is 12.6. The minimum absolute atomic E-state index is 0.0346. The summed E-state index contributed by atoms with van der Waals surface area (Å²) in [6.07, 6.45) is -6.68. The van der Waals surface area contributed by atoms with Gasteiger partial charge < -0.3 is 50.9 Å². The van der Waals surface area contributed by atoms with Gasteiger partial charge in [-0.1, -0.05) is 13.8 Å². The third-order valence-electron chi connectivity index (χ3n) is 6.45. The standard InChI is InChI=1S/C21H36N7O16P3/c1-4-23-12(29)5-6-24-19(32)16(31)21(2,3)8-41-47(38,39)44-46(36,37)40-7-11-15(43-45(33,34)35)14(30)20(42-11)28-10-27-13-17(22)25-9-26-18(13)28/h9-11,14-16,20,30-31H,4-8H2,1-3H3,(H,23,29)(H,24,32)(H,36,37)(H,38,39)(H2,22,25,26)(H2,33,34,35)/t11?,14-,15?,16?,20?/m0/s1. The number of anilines is 1. The van der Waals surface area contributed by atoms with E-state index in [4.69, 9.17) is 19.5 Å². The van der Waals surface area contributed by atoms with Crippen molar-refractivity contribution in [2.45, 2.75) is 57.8 Å². The van der Waals surface area contributed by atoms with Crippen molar-refractivity contribution in [3.8, 4) is 0 Å². The van der Waals surface area contributed by atoms with E-state index < -0.39 is 78.6 Å². The van der Waals surface area contributed by atoms with Crippen molar-refractivity contribution in [1.82, 2.24) is 30.2 Å². The third kappa shape index (κ3) is 10.8. The molecule has 2 aromatic rings. The zero-order valence-electron chi connectivity index (χ0n) is 25.1. The molecule has 1 fully saturated rings. The van der Waals surface area contributed by atoms with E-state index in [1.807, 2.05) is 0 Å². The number of phosphoric ester groups is 3. The Bertz CT molecular complexity index is 1570. The van der Waals surface area contributed by atoms with E-state index in [1.165, 1.54) is 13.8 Å². The highest BCUT2D eigenvalue weighted by atomic mass is 31.3. The number of ether oxygens (including phenoxy) is 1. The molecule has 0 aliphatic carbocycles. The van der Waals surface area contributed by atoms with Crippen LogP contribution < -0.4 is 16.4 Å². The summed E-state index contributed by atoms with van der Waals surface area (Å²) in [5.41, 5.74) is 4.31. The first-order valence-corrected chi connectivity index (χ1v) is 18.1. The van der Waals surface area contributed by atoms with Crippen LogP contribution in [-0.2, 0) is 45.9 Å². The van der Waals surface area contributed by atoms with Crippen LogP contribution in [0.25, 0.3) is 11.2 Å². The molecule has 26 heteroatoms. The summed E-state index contributed by atoms with van der Waals surface area (Å²) in [5, 5.41) is 26.0. The Balaban J connectivity index is 1.63. The monoisotopic (exact) mass is 735 g/mol. The number of nitrogens with one attached hydrogen (secondary N) is 2. The number of fused-ring (bicyclic) bond motifs is 1. The molecule has 10 N–H and O–H groups in total. The fourth-order valence-electron chi connectivity index (χ4n) is 4.14. The van der Waals surface area contributed by atoms with Crippen LogP contribution in [-0.4, -0.2) is 112 Å². The maximum Gasteiger partial charge on any atom is 0.481 e. The molecule has 0 spiro atoms. The number of nitrogen functional groups attached to an aromatic ring is 1. The van der Waals surface area contributed by atoms with E-state index in [-0.39, 0.29) is 35.9 Å². The smallest absolute Gasteiger partial charge is 0.386 e. The number of carbonyl (C=O) groups is 2. The van der Waals surface area contributed by atoms with Gasteiger partial charge in [0.1, 0.15) is 36.3 Å². The van der Waals surface area contributed by atoms with Gasteiger partial charge in [0.25, 0.3) is 0 Å². The van der Waals surface area contributed by atoms with E-state index >= 15 is 0 Å². The van der Waals surface area contributed by atoms with Crippen molar-refractivity contribution < 1.29 is 75.7 Å². The molecule has 266 valence electrons. The number of hydrogen-bond donors (Lipinski definition) is 9. The Hall–Kier alpha value is -2.46. The Morgan fingerprint density at radius 2 is 1.77 bits per heavy atom. The summed E-state index contributed by atoms with van der Waals surface area (Å²) in [7, 11) is -16.3. The summed E-state index contributed by atoms with van der Waals surface area (Å²) in [4.78, 5) is 74.4. The molecule has 1 saturated heterocycles. The molecule has 5 unspecified atom stereocenters. The minimum atomic E-state index is -5.53. The summed E-state index contributed by atoms with van der Waals surface area (Å²) >= 11 is 0. The Kier molecular flexibility index (Phi) is 12.8. The van der Waals surface area contributed by atoms with Crippen molar-refractivity contribution in [2.24, 2.45) is 5.41 Å². The highest BCUT2D eigenvalue weighted by molar-refractivity contribution is 7.61. The minimum Gasteiger partial charge on any atom is -0.386 e. The number of nitrogens with zero attached hydrogens (tertiary/aromatic N) is 4. The number of aliphatic hydroxyl groups excluding tert-OH is 2. The summed E-state index contributed by atoms with van der Waals surface area (Å²) in [5.74, 6) is -1.31. The fraction of sp³-hybridized carbons (Fsp3) is 0.667. The predicted octanol–water partition coefficient (Wildman–Crippen LogP) is -1.58. The van der Waals surface area contributed by atoms with Gasteiger partial charge in [-0.25, -0.2) is 28.6 Å². The van der Waals surface area contributed by atoms with Crippen LogP contribution in [0.4, 0.5) is 5.82 Å². The Labute approximate surface area is 266 Å². The zero-order valence-corrected chi connectivity index (χ0v) is 27.7. The lowest BCUT2D eigenvalue weighted by atomic mass is 9.87. The number of aliphatic hydroxyl groups is 2. The van der Waals surface area contributed by atoms with Crippen molar-refractivity contribution in [1.29, 1.82) is 0 Å². The molecule has 0 aromatic carbocycles. The molecule has 0 saturated carbocycles. The van der Waals surface area contributed by atoms with Crippen LogP contribution in [0.5, 0.6) is 0 Å². The lowest BCUT2D eigenvalue weighted by Crippen LogP contribution is -2.46. The largest absolute Gasteiger partial charge is 0.481 e. The number of aromatic nitrogens is 4. The lowest BCUT2D eigenvalue weighted by Gasteiger charge is -2.30. The van der Waals surface area contributed by atoms with E-state index in [0.29, 0.717) is 6.54 Å². The van der Waals surface area contributed by atoms with Crippen LogP contribution >= 0.6 is 23.5 Å². The lowest BCUT2D eigenvalue weighted by molar-refractivity contribution is -0.137. The van der Waals surface area contributed by atoms with E-state index in [2.05, 4.69) is 34.4 Å². The quantitative estimate of drug-likeness (QED) is 0.0828. The Morgan fingerprint density at radius 1 is 1.11 bits per heavy atom. The van der Waals surface area contributed by atoms with Gasteiger partial charge in [0.15, 0.2) is 17.7 Å². The number of imidazole rings is 1. The van der Waals surface area contributed by atoms with Gasteiger partial charge in [-0.2, -0.15) is 4.31 Å². The molecule has 2 amide bonds. The van der Waals surface area contributed by atoms with Gasteiger partial charge in [0.05, 0.1) is 19.5 Å². The second-order valence-electron chi connectivity index (χ2n) is 10.7. The topological polar surface area (TPSA) is 347 Å². The number of amides is 2. The van der Waals surface area contributed by atoms with Crippen molar-refractivity contribution in [2.75, 3.05) is 32.0 Å². The van der Waals surface area contributed by atoms with Gasteiger partial charge in [0, 0.05) is 24.9 Å². The predicted molar refractivity (Wildman–Crippen MR) is 155 cm³/mol. The third-order valence-corrected chi connectivity index (χ3v) is 9.55. The Morgan fingerprint density at radius 3 is 2.40 bits per heavy atom. The first kappa shape index (κ1) is 39.0. The molecule has 0 radical (unpaired) electrons. The fourth-order valence-corrected chi connectivity index (χ4v) is 6.97. The number of phosphoric acid groups is 3. The van der Waals surface area contributed by atoms with E-state index in [9.17, 15) is 53.1 Å². The second kappa shape index (κ2) is 15.4. The maximum absolute atomic E-state index is 12.6. The summed E-state index contributed by atoms with van der Waals surface area (Å²) in [6.45, 7) is 2.54. The van der Waals surface area contributed by atoms with Gasteiger partial charge in [-0.05, 0) is 6.92 Å². The SMILES string of the molecule is CCNC(=O)CCNC(=O)C(O)C(C)(C)COP(=O)(O)O[P@](=O)(O)OCC1OC(n2cnc3c(N)ncnc32)[C@@H](O)C1OP(=O)(O)O. The highest BCUT2D eigenvalue weighted by Gasteiger charge is 2.50. The molecule has 0 bridgehead atoms. The van der Waals surface area contributed by atoms with Crippen molar-refractivity contribution in [3.05, 3.63) is 12.7 Å². The van der Waals surface area contributed by atoms with Crippen molar-refractivity contribution >= 4 is 52.3 Å². The number of carbonyl (C=O) groups excluding carboxylic acids is 2. The van der Waals surface area contributed by atoms with Crippen molar-refractivity contribution in [3.63, 3.8) is 0 Å². The van der Waals surface area contributed by atoms with Crippen LogP contribution in [0.2, 0.25) is 0 Å². The van der Waals surface area contributed by atoms with E-state index in [0.717, 1.165) is 17.2 Å². The van der Waals surface area contributed by atoms with Crippen LogP contribution in [0.1, 0.15) is 33.4 Å². The average molecular weight is 735 g/mol. The molecular formula is C21H36N7O16P3. The number of nitrogens with two attached hydrogens (primary N) is 1. The van der Waals surface area contributed by atoms with Gasteiger partial charge >= 0.3 is 23.5 Å². The molecule has 47 heavy (non-hydrogen) atoms. The average Bonchev–Trinajstić information content (AvgIpc) is 3.51. The number of hydrogen-bond acceptors (Lipinski definition) is 16. The molecule has 7 atom stereocenters.